The van der Waals surface area contributed by atoms with Crippen LogP contribution in [0.2, 0.25) is 0 Å². The summed E-state index contributed by atoms with van der Waals surface area (Å²) in [5, 5.41) is 2.19. The fourth-order valence-electron chi connectivity index (χ4n) is 3.60. The van der Waals surface area contributed by atoms with E-state index in [-0.39, 0.29) is 39.7 Å². The monoisotopic (exact) mass is 478 g/mol. The third-order valence-corrected chi connectivity index (χ3v) is 7.15. The van der Waals surface area contributed by atoms with Crippen LogP contribution in [-0.2, 0) is 23.9 Å². The summed E-state index contributed by atoms with van der Waals surface area (Å²) >= 11 is 2.50. The number of hydrogen-bond donors (Lipinski definition) is 1. The van der Waals surface area contributed by atoms with Crippen LogP contribution in [-0.4, -0.2) is 55.8 Å². The highest BCUT2D eigenvalue weighted by molar-refractivity contribution is 8.14. The van der Waals surface area contributed by atoms with Gasteiger partial charge < -0.3 is 10.1 Å². The molecular weight excluding hydrogens is 448 g/mol. The summed E-state index contributed by atoms with van der Waals surface area (Å²) in [6.07, 6.45) is 7.90. The summed E-state index contributed by atoms with van der Waals surface area (Å²) in [5.41, 5.74) is 0.555. The second kappa shape index (κ2) is 9.87. The van der Waals surface area contributed by atoms with E-state index in [9.17, 15) is 19.2 Å². The lowest BCUT2D eigenvalue weighted by Gasteiger charge is -2.49. The van der Waals surface area contributed by atoms with Crippen LogP contribution in [0.5, 0.6) is 0 Å². The van der Waals surface area contributed by atoms with Crippen molar-refractivity contribution < 1.29 is 23.9 Å². The van der Waals surface area contributed by atoms with E-state index in [1.165, 1.54) is 16.7 Å². The van der Waals surface area contributed by atoms with E-state index in [1.807, 2.05) is 32.1 Å². The van der Waals surface area contributed by atoms with Gasteiger partial charge in [-0.15, -0.1) is 11.8 Å². The Morgan fingerprint density at radius 3 is 2.59 bits per heavy atom. The first kappa shape index (κ1) is 24.6. The summed E-state index contributed by atoms with van der Waals surface area (Å²) in [6.45, 7) is 9.00. The van der Waals surface area contributed by atoms with Crippen molar-refractivity contribution in [2.45, 2.75) is 76.1 Å². The number of hydrogen-bond acceptors (Lipinski definition) is 7. The van der Waals surface area contributed by atoms with Crippen molar-refractivity contribution in [2.75, 3.05) is 5.75 Å². The molecule has 2 atom stereocenters. The van der Waals surface area contributed by atoms with Gasteiger partial charge in [-0.05, 0) is 33.6 Å². The summed E-state index contributed by atoms with van der Waals surface area (Å²) in [4.78, 5) is 52.7. The largest absolute Gasteiger partial charge is 0.455 e. The van der Waals surface area contributed by atoms with Gasteiger partial charge in [-0.2, -0.15) is 0 Å². The molecule has 2 amide bonds. The molecule has 0 aromatic rings. The molecule has 0 spiro atoms. The Morgan fingerprint density at radius 1 is 1.28 bits per heavy atom. The number of rotatable bonds is 6. The number of carbonyl (C=O) groups is 4. The van der Waals surface area contributed by atoms with Crippen molar-refractivity contribution in [3.63, 3.8) is 0 Å². The molecule has 1 unspecified atom stereocenters. The molecule has 0 aromatic heterocycles. The van der Waals surface area contributed by atoms with E-state index in [4.69, 9.17) is 4.74 Å². The van der Waals surface area contributed by atoms with Crippen molar-refractivity contribution in [2.24, 2.45) is 0 Å². The fraction of sp³-hybridized carbons (Fsp3) is 0.565. The van der Waals surface area contributed by atoms with Crippen molar-refractivity contribution in [1.29, 1.82) is 0 Å². The number of allylic oxidation sites excluding steroid dienone is 3. The average molecular weight is 479 g/mol. The van der Waals surface area contributed by atoms with Gasteiger partial charge in [0.1, 0.15) is 22.7 Å². The zero-order valence-corrected chi connectivity index (χ0v) is 20.7. The maximum absolute atomic E-state index is 13.0. The summed E-state index contributed by atoms with van der Waals surface area (Å²) in [5.74, 6) is -1.02. The lowest BCUT2D eigenvalue weighted by atomic mass is 10.0. The third kappa shape index (κ3) is 5.67. The first-order valence-electron chi connectivity index (χ1n) is 10.7. The van der Waals surface area contributed by atoms with Crippen LogP contribution in [0.3, 0.4) is 0 Å². The first-order valence-corrected chi connectivity index (χ1v) is 12.6. The van der Waals surface area contributed by atoms with Crippen LogP contribution in [0, 0.1) is 0 Å². The topological polar surface area (TPSA) is 92.8 Å². The highest BCUT2D eigenvalue weighted by Crippen LogP contribution is 2.42. The van der Waals surface area contributed by atoms with Crippen molar-refractivity contribution in [3.05, 3.63) is 35.1 Å². The minimum Gasteiger partial charge on any atom is -0.455 e. The number of fused-ring (bicyclic) bond motifs is 1. The second-order valence-corrected chi connectivity index (χ2v) is 11.8. The zero-order valence-electron chi connectivity index (χ0n) is 19.1. The minimum atomic E-state index is -0.771. The number of thioether (sulfide) groups is 2. The molecule has 1 saturated heterocycles. The van der Waals surface area contributed by atoms with E-state index in [1.54, 1.807) is 20.8 Å². The Labute approximate surface area is 197 Å². The molecule has 32 heavy (non-hydrogen) atoms. The van der Waals surface area contributed by atoms with Crippen LogP contribution < -0.4 is 5.32 Å². The highest BCUT2D eigenvalue weighted by atomic mass is 32.2. The van der Waals surface area contributed by atoms with E-state index >= 15 is 0 Å². The number of ether oxygens (including phenoxy) is 1. The highest BCUT2D eigenvalue weighted by Gasteiger charge is 2.55. The van der Waals surface area contributed by atoms with Gasteiger partial charge in [-0.3, -0.25) is 19.3 Å². The van der Waals surface area contributed by atoms with Gasteiger partial charge in [0, 0.05) is 23.0 Å². The average Bonchev–Trinajstić information content (AvgIpc) is 2.69. The van der Waals surface area contributed by atoms with E-state index in [0.717, 1.165) is 30.2 Å². The fourth-order valence-corrected chi connectivity index (χ4v) is 5.77. The zero-order chi connectivity index (χ0) is 23.6. The molecular formula is C23H30N2O5S2. The molecule has 0 radical (unpaired) electrons. The van der Waals surface area contributed by atoms with E-state index in [2.05, 4.69) is 5.32 Å². The summed E-state index contributed by atoms with van der Waals surface area (Å²) < 4.78 is 5.52. The van der Waals surface area contributed by atoms with Gasteiger partial charge in [0.15, 0.2) is 0 Å². The Morgan fingerprint density at radius 2 is 2.00 bits per heavy atom. The molecule has 3 aliphatic rings. The maximum atomic E-state index is 13.0. The molecule has 7 nitrogen and oxygen atoms in total. The van der Waals surface area contributed by atoms with Crippen LogP contribution >= 0.6 is 23.5 Å². The molecule has 9 heteroatoms. The molecule has 2 aliphatic heterocycles. The second-order valence-electron chi connectivity index (χ2n) is 9.19. The van der Waals surface area contributed by atoms with Crippen molar-refractivity contribution in [3.8, 4) is 0 Å². The van der Waals surface area contributed by atoms with Crippen LogP contribution in [0.25, 0.3) is 0 Å². The Bertz CT molecular complexity index is 914. The first-order chi connectivity index (χ1) is 15.0. The molecule has 1 fully saturated rings. The predicted molar refractivity (Wildman–Crippen MR) is 127 cm³/mol. The molecule has 0 saturated carbocycles. The molecule has 2 heterocycles. The van der Waals surface area contributed by atoms with Crippen molar-refractivity contribution >= 4 is 46.4 Å². The summed E-state index contributed by atoms with van der Waals surface area (Å²) in [6, 6.07) is -0.723. The van der Waals surface area contributed by atoms with Gasteiger partial charge in [0.25, 0.3) is 5.91 Å². The molecule has 174 valence electrons. The van der Waals surface area contributed by atoms with E-state index in [0.29, 0.717) is 0 Å². The lowest BCUT2D eigenvalue weighted by Crippen LogP contribution is -2.70. The standard InChI is InChI=1S/C23H30N2O5S2/c1-13(2)32-22(29)15-12-31-20-17(24-16(26)11-14-9-7-6-8-10-14)19(27)25(20)18(15)21(28)30-23(3,4)5/h6-7,10,13,17,20H,8-9,11-12H2,1-5H3,(H,24,26)/t17?,20-/m0/s1. The Balaban J connectivity index is 1.78. The quantitative estimate of drug-likeness (QED) is 0.356. The molecule has 1 N–H and O–H groups in total. The van der Waals surface area contributed by atoms with Gasteiger partial charge >= 0.3 is 5.97 Å². The molecule has 0 aromatic carbocycles. The summed E-state index contributed by atoms with van der Waals surface area (Å²) in [7, 11) is 0. The third-order valence-electron chi connectivity index (χ3n) is 4.94. The number of amides is 2. The predicted octanol–water partition coefficient (Wildman–Crippen LogP) is 3.32. The van der Waals surface area contributed by atoms with Crippen LogP contribution in [0.4, 0.5) is 0 Å². The van der Waals surface area contributed by atoms with Gasteiger partial charge in [0.05, 0.1) is 0 Å². The Kier molecular flexibility index (Phi) is 7.60. The van der Waals surface area contributed by atoms with Gasteiger partial charge in [-0.25, -0.2) is 4.79 Å². The molecule has 1 aliphatic carbocycles. The SMILES string of the molecule is CC(C)SC(=O)C1=C(C(=O)OC(C)(C)C)N2C(=O)C(NC(=O)CC3=CCC=CC3)[C@@H]2SC1. The smallest absolute Gasteiger partial charge is 0.356 e. The molecule has 0 bridgehead atoms. The number of nitrogens with one attached hydrogen (secondary N) is 1. The normalized spacial score (nSPS) is 22.9. The lowest BCUT2D eigenvalue weighted by molar-refractivity contribution is -0.159. The Hall–Kier alpha value is -2.00. The number of nitrogens with zero attached hydrogens (tertiary/aromatic N) is 1. The van der Waals surface area contributed by atoms with Crippen molar-refractivity contribution in [1.82, 2.24) is 10.2 Å². The van der Waals surface area contributed by atoms with Crippen LogP contribution in [0.15, 0.2) is 35.1 Å². The van der Waals surface area contributed by atoms with E-state index < -0.39 is 28.9 Å². The van der Waals surface area contributed by atoms with Gasteiger partial charge in [-0.1, -0.05) is 49.4 Å². The van der Waals surface area contributed by atoms with Crippen LogP contribution in [0.1, 0.15) is 53.9 Å². The minimum absolute atomic E-state index is 0.0115. The van der Waals surface area contributed by atoms with Gasteiger partial charge in [0.2, 0.25) is 11.0 Å². The molecule has 3 rings (SSSR count). The maximum Gasteiger partial charge on any atom is 0.356 e. The number of β-lactam (4-membered cyclic amide) rings is 1. The number of carbonyl (C=O) groups excluding carboxylic acids is 4. The number of esters is 1.